The first-order valence-corrected chi connectivity index (χ1v) is 5.23. The van der Waals surface area contributed by atoms with Gasteiger partial charge in [-0.25, -0.2) is 0 Å². The average molecular weight is 206 g/mol. The van der Waals surface area contributed by atoms with E-state index in [-0.39, 0.29) is 5.78 Å². The number of Topliss-reactive ketones (excluding diaryl/α,β-unsaturated/α-hetero) is 1. The third-order valence-corrected chi connectivity index (χ3v) is 2.81. The lowest BCUT2D eigenvalue weighted by Gasteiger charge is -2.17. The molecule has 82 valence electrons. The van der Waals surface area contributed by atoms with Crippen LogP contribution in [0.3, 0.4) is 0 Å². The molecule has 0 saturated heterocycles. The molecular weight excluding hydrogens is 188 g/mol. The molecule has 0 fully saturated rings. The molecule has 2 heteroatoms. The highest BCUT2D eigenvalue weighted by Gasteiger charge is 2.20. The maximum atomic E-state index is 11.7. The number of carbonyl (C=O) groups is 1. The van der Waals surface area contributed by atoms with Crippen molar-refractivity contribution in [2.45, 2.75) is 33.3 Å². The minimum Gasteiger partial charge on any atom is -0.369 e. The molecule has 1 aromatic carbocycles. The van der Waals surface area contributed by atoms with Crippen molar-refractivity contribution in [2.75, 3.05) is 7.11 Å². The molecular formula is C13H18O2. The summed E-state index contributed by atoms with van der Waals surface area (Å²) < 4.78 is 5.28. The van der Waals surface area contributed by atoms with Gasteiger partial charge in [0.25, 0.3) is 0 Å². The third kappa shape index (κ3) is 2.45. The quantitative estimate of drug-likeness (QED) is 0.757. The number of carbonyl (C=O) groups excluding carboxylic acids is 1. The van der Waals surface area contributed by atoms with Gasteiger partial charge in [-0.05, 0) is 30.5 Å². The van der Waals surface area contributed by atoms with Crippen LogP contribution < -0.4 is 0 Å². The van der Waals surface area contributed by atoms with Crippen molar-refractivity contribution in [3.63, 3.8) is 0 Å². The summed E-state index contributed by atoms with van der Waals surface area (Å²) in [6.07, 6.45) is 0.0983. The smallest absolute Gasteiger partial charge is 0.165 e. The van der Waals surface area contributed by atoms with Crippen LogP contribution in [0.1, 0.15) is 36.1 Å². The van der Waals surface area contributed by atoms with Crippen molar-refractivity contribution in [1.29, 1.82) is 0 Å². The summed E-state index contributed by atoms with van der Waals surface area (Å²) in [6.45, 7) is 5.93. The Kier molecular flexibility index (Phi) is 4.04. The van der Waals surface area contributed by atoms with Gasteiger partial charge in [-0.1, -0.05) is 25.1 Å². The van der Waals surface area contributed by atoms with Crippen LogP contribution in [0.2, 0.25) is 0 Å². The van der Waals surface area contributed by atoms with Gasteiger partial charge in [0, 0.05) is 13.5 Å². The van der Waals surface area contributed by atoms with E-state index >= 15 is 0 Å². The van der Waals surface area contributed by atoms with Crippen molar-refractivity contribution >= 4 is 5.78 Å². The number of hydrogen-bond acceptors (Lipinski definition) is 2. The van der Waals surface area contributed by atoms with Gasteiger partial charge in [0.15, 0.2) is 5.78 Å². The Balaban J connectivity index is 3.12. The normalized spacial score (nSPS) is 12.5. The minimum atomic E-state index is -0.408. The standard InChI is InChI=1S/C13H18O2/c1-5-12(14)13(15-4)11-8-6-7-9(2)10(11)3/h6-8,13H,5H2,1-4H3. The highest BCUT2D eigenvalue weighted by Crippen LogP contribution is 2.24. The first kappa shape index (κ1) is 11.9. The summed E-state index contributed by atoms with van der Waals surface area (Å²) in [6, 6.07) is 5.97. The lowest BCUT2D eigenvalue weighted by Crippen LogP contribution is -2.15. The molecule has 0 aromatic heterocycles. The molecule has 0 saturated carbocycles. The fraction of sp³-hybridized carbons (Fsp3) is 0.462. The van der Waals surface area contributed by atoms with E-state index in [0.29, 0.717) is 6.42 Å². The SMILES string of the molecule is CCC(=O)C(OC)c1cccc(C)c1C. The van der Waals surface area contributed by atoms with E-state index in [9.17, 15) is 4.79 Å². The second kappa shape index (κ2) is 5.08. The molecule has 0 spiro atoms. The van der Waals surface area contributed by atoms with Gasteiger partial charge in [-0.2, -0.15) is 0 Å². The molecule has 0 aliphatic rings. The third-order valence-electron chi connectivity index (χ3n) is 2.81. The van der Waals surface area contributed by atoms with Crippen LogP contribution in [-0.4, -0.2) is 12.9 Å². The molecule has 2 nitrogen and oxygen atoms in total. The van der Waals surface area contributed by atoms with Gasteiger partial charge in [-0.15, -0.1) is 0 Å². The average Bonchev–Trinajstić information content (AvgIpc) is 2.24. The van der Waals surface area contributed by atoms with Crippen LogP contribution in [0.15, 0.2) is 18.2 Å². The molecule has 0 bridgehead atoms. The topological polar surface area (TPSA) is 26.3 Å². The van der Waals surface area contributed by atoms with Gasteiger partial charge in [0.2, 0.25) is 0 Å². The lowest BCUT2D eigenvalue weighted by atomic mass is 9.96. The van der Waals surface area contributed by atoms with Crippen LogP contribution in [-0.2, 0) is 9.53 Å². The largest absolute Gasteiger partial charge is 0.369 e. The lowest BCUT2D eigenvalue weighted by molar-refractivity contribution is -0.128. The predicted molar refractivity (Wildman–Crippen MR) is 61.0 cm³/mol. The zero-order valence-corrected chi connectivity index (χ0v) is 9.83. The van der Waals surface area contributed by atoms with E-state index in [2.05, 4.69) is 0 Å². The number of rotatable bonds is 4. The zero-order chi connectivity index (χ0) is 11.4. The number of ketones is 1. The molecule has 0 aliphatic heterocycles. The molecule has 0 N–H and O–H groups in total. The van der Waals surface area contributed by atoms with Gasteiger partial charge < -0.3 is 4.74 Å². The Morgan fingerprint density at radius 2 is 2.07 bits per heavy atom. The predicted octanol–water partition coefficient (Wildman–Crippen LogP) is 2.97. The maximum Gasteiger partial charge on any atom is 0.165 e. The number of ether oxygens (including phenoxy) is 1. The second-order valence-corrected chi connectivity index (χ2v) is 3.72. The van der Waals surface area contributed by atoms with Crippen molar-refractivity contribution < 1.29 is 9.53 Å². The molecule has 1 aromatic rings. The Hall–Kier alpha value is -1.15. The summed E-state index contributed by atoms with van der Waals surface area (Å²) in [5.74, 6) is 0.131. The Morgan fingerprint density at radius 1 is 1.40 bits per heavy atom. The molecule has 15 heavy (non-hydrogen) atoms. The molecule has 1 unspecified atom stereocenters. The molecule has 1 rings (SSSR count). The number of benzene rings is 1. The van der Waals surface area contributed by atoms with Gasteiger partial charge in [0.05, 0.1) is 0 Å². The van der Waals surface area contributed by atoms with E-state index < -0.39 is 6.10 Å². The monoisotopic (exact) mass is 206 g/mol. The van der Waals surface area contributed by atoms with Crippen molar-refractivity contribution in [2.24, 2.45) is 0 Å². The highest BCUT2D eigenvalue weighted by atomic mass is 16.5. The zero-order valence-electron chi connectivity index (χ0n) is 9.83. The van der Waals surface area contributed by atoms with Crippen molar-refractivity contribution in [3.8, 4) is 0 Å². The highest BCUT2D eigenvalue weighted by molar-refractivity contribution is 5.84. The van der Waals surface area contributed by atoms with Gasteiger partial charge in [0.1, 0.15) is 6.10 Å². The number of methoxy groups -OCH3 is 1. The number of hydrogen-bond donors (Lipinski definition) is 0. The molecule has 0 radical (unpaired) electrons. The Labute approximate surface area is 91.3 Å². The van der Waals surface area contributed by atoms with Gasteiger partial charge in [-0.3, -0.25) is 4.79 Å². The minimum absolute atomic E-state index is 0.131. The van der Waals surface area contributed by atoms with Crippen molar-refractivity contribution in [3.05, 3.63) is 34.9 Å². The summed E-state index contributed by atoms with van der Waals surface area (Å²) in [5, 5.41) is 0. The molecule has 1 atom stereocenters. The maximum absolute atomic E-state index is 11.7. The summed E-state index contributed by atoms with van der Waals surface area (Å²) in [5.41, 5.74) is 3.33. The van der Waals surface area contributed by atoms with Crippen LogP contribution >= 0.6 is 0 Å². The summed E-state index contributed by atoms with van der Waals surface area (Å²) in [4.78, 5) is 11.7. The molecule has 0 amide bonds. The second-order valence-electron chi connectivity index (χ2n) is 3.72. The molecule has 0 heterocycles. The fourth-order valence-electron chi connectivity index (χ4n) is 1.68. The Bertz CT molecular complexity index is 356. The molecule has 0 aliphatic carbocycles. The van der Waals surface area contributed by atoms with E-state index in [1.165, 1.54) is 5.56 Å². The van der Waals surface area contributed by atoms with Crippen molar-refractivity contribution in [1.82, 2.24) is 0 Å². The van der Waals surface area contributed by atoms with E-state index in [1.54, 1.807) is 7.11 Å². The first-order valence-electron chi connectivity index (χ1n) is 5.23. The van der Waals surface area contributed by atoms with E-state index in [4.69, 9.17) is 4.74 Å². The number of aryl methyl sites for hydroxylation is 1. The van der Waals surface area contributed by atoms with E-state index in [1.807, 2.05) is 39.0 Å². The van der Waals surface area contributed by atoms with Crippen LogP contribution in [0, 0.1) is 13.8 Å². The fourth-order valence-corrected chi connectivity index (χ4v) is 1.68. The van der Waals surface area contributed by atoms with Gasteiger partial charge >= 0.3 is 0 Å². The van der Waals surface area contributed by atoms with E-state index in [0.717, 1.165) is 11.1 Å². The Morgan fingerprint density at radius 3 is 2.60 bits per heavy atom. The summed E-state index contributed by atoms with van der Waals surface area (Å²) >= 11 is 0. The summed E-state index contributed by atoms with van der Waals surface area (Å²) in [7, 11) is 1.58. The van der Waals surface area contributed by atoms with Crippen LogP contribution in [0.25, 0.3) is 0 Å². The van der Waals surface area contributed by atoms with Crippen LogP contribution in [0.5, 0.6) is 0 Å². The van der Waals surface area contributed by atoms with Crippen LogP contribution in [0.4, 0.5) is 0 Å². The first-order chi connectivity index (χ1) is 7.11.